The molecule has 2 heterocycles. The molecular formula is C22H23F3N4O2. The molecule has 1 N–H and O–H groups in total. The third-order valence-corrected chi connectivity index (χ3v) is 5.46. The summed E-state index contributed by atoms with van der Waals surface area (Å²) < 4.78 is 47.6. The number of fused-ring (bicyclic) bond motifs is 1. The number of aromatic nitrogens is 3. The zero-order chi connectivity index (χ0) is 22.3. The van der Waals surface area contributed by atoms with Crippen LogP contribution in [0.2, 0.25) is 0 Å². The molecule has 1 aliphatic carbocycles. The zero-order valence-electron chi connectivity index (χ0n) is 17.5. The monoisotopic (exact) mass is 432 g/mol. The molecule has 2 aromatic heterocycles. The molecule has 0 bridgehead atoms. The van der Waals surface area contributed by atoms with E-state index in [1.807, 2.05) is 25.1 Å². The second-order valence-electron chi connectivity index (χ2n) is 7.87. The Labute approximate surface area is 177 Å². The lowest BCUT2D eigenvalue weighted by molar-refractivity contribution is -0.136. The fourth-order valence-electron chi connectivity index (χ4n) is 3.71. The smallest absolute Gasteiger partial charge is 0.417 e. The number of pyridine rings is 1. The highest BCUT2D eigenvalue weighted by Crippen LogP contribution is 2.43. The molecule has 1 saturated carbocycles. The first-order valence-electron chi connectivity index (χ1n) is 10.1. The number of benzene rings is 1. The maximum absolute atomic E-state index is 13.7. The molecule has 0 spiro atoms. The number of halogens is 3. The van der Waals surface area contributed by atoms with Gasteiger partial charge in [-0.2, -0.15) is 18.3 Å². The minimum absolute atomic E-state index is 0.0380. The molecule has 0 saturated heterocycles. The van der Waals surface area contributed by atoms with Gasteiger partial charge in [0.05, 0.1) is 29.8 Å². The first-order valence-corrected chi connectivity index (χ1v) is 10.1. The molecule has 4 rings (SSSR count). The Hall–Kier alpha value is -3.10. The summed E-state index contributed by atoms with van der Waals surface area (Å²) in [4.78, 5) is 17.1. The molecule has 1 atom stereocenters. The number of amides is 1. The summed E-state index contributed by atoms with van der Waals surface area (Å²) >= 11 is 0. The van der Waals surface area contributed by atoms with Crippen LogP contribution in [0.5, 0.6) is 5.75 Å². The Morgan fingerprint density at radius 1 is 1.32 bits per heavy atom. The Balaban J connectivity index is 1.62. The van der Waals surface area contributed by atoms with Crippen molar-refractivity contribution in [2.75, 3.05) is 7.11 Å². The molecule has 1 aliphatic rings. The van der Waals surface area contributed by atoms with E-state index >= 15 is 0 Å². The van der Waals surface area contributed by atoms with Gasteiger partial charge < -0.3 is 10.1 Å². The Kier molecular flexibility index (Phi) is 5.36. The number of carbonyl (C=O) groups is 1. The van der Waals surface area contributed by atoms with E-state index in [-0.39, 0.29) is 41.1 Å². The number of nitrogens with zero attached hydrogens (tertiary/aromatic N) is 3. The van der Waals surface area contributed by atoms with Crippen LogP contribution in [0.1, 0.15) is 54.2 Å². The normalized spacial score (nSPS) is 15.2. The first kappa shape index (κ1) is 21.1. The number of hydrogen-bond donors (Lipinski definition) is 1. The van der Waals surface area contributed by atoms with Crippen molar-refractivity contribution in [3.63, 3.8) is 0 Å². The highest BCUT2D eigenvalue weighted by molar-refractivity contribution is 5.85. The maximum Gasteiger partial charge on any atom is 0.417 e. The van der Waals surface area contributed by atoms with Crippen LogP contribution in [0.3, 0.4) is 0 Å². The van der Waals surface area contributed by atoms with Gasteiger partial charge in [0.15, 0.2) is 5.65 Å². The summed E-state index contributed by atoms with van der Waals surface area (Å²) in [5.41, 5.74) is 0.811. The number of carbonyl (C=O) groups excluding carboxylic acids is 1. The predicted molar refractivity (Wildman–Crippen MR) is 109 cm³/mol. The van der Waals surface area contributed by atoms with Crippen LogP contribution in [0.25, 0.3) is 11.0 Å². The lowest BCUT2D eigenvalue weighted by Crippen LogP contribution is -2.30. The Morgan fingerprint density at radius 3 is 2.71 bits per heavy atom. The van der Waals surface area contributed by atoms with E-state index in [2.05, 4.69) is 15.4 Å². The van der Waals surface area contributed by atoms with E-state index in [1.165, 1.54) is 11.6 Å². The molecule has 164 valence electrons. The number of hydrogen-bond acceptors (Lipinski definition) is 4. The first-order chi connectivity index (χ1) is 14.7. The summed E-state index contributed by atoms with van der Waals surface area (Å²) in [5, 5.41) is 7.01. The minimum Gasteiger partial charge on any atom is -0.497 e. The molecule has 31 heavy (non-hydrogen) atoms. The van der Waals surface area contributed by atoms with Gasteiger partial charge >= 0.3 is 6.18 Å². The average Bonchev–Trinajstić information content (AvgIpc) is 3.52. The van der Waals surface area contributed by atoms with Crippen LogP contribution in [0, 0.1) is 6.92 Å². The average molecular weight is 432 g/mol. The van der Waals surface area contributed by atoms with Gasteiger partial charge in [-0.1, -0.05) is 12.1 Å². The van der Waals surface area contributed by atoms with Crippen LogP contribution >= 0.6 is 0 Å². The summed E-state index contributed by atoms with van der Waals surface area (Å²) in [6.07, 6.45) is -2.88. The van der Waals surface area contributed by atoms with Gasteiger partial charge in [-0.25, -0.2) is 9.67 Å². The molecule has 1 amide bonds. The maximum atomic E-state index is 13.7. The molecule has 1 aromatic carbocycles. The molecule has 0 aliphatic heterocycles. The van der Waals surface area contributed by atoms with Gasteiger partial charge in [-0.15, -0.1) is 0 Å². The van der Waals surface area contributed by atoms with Gasteiger partial charge in [0.1, 0.15) is 12.3 Å². The van der Waals surface area contributed by atoms with Crippen LogP contribution in [0.15, 0.2) is 30.3 Å². The van der Waals surface area contributed by atoms with E-state index in [0.717, 1.165) is 24.5 Å². The second kappa shape index (κ2) is 7.86. The number of ether oxygens (including phenoxy) is 1. The van der Waals surface area contributed by atoms with Crippen molar-refractivity contribution < 1.29 is 22.7 Å². The van der Waals surface area contributed by atoms with Crippen molar-refractivity contribution in [1.29, 1.82) is 0 Å². The van der Waals surface area contributed by atoms with Gasteiger partial charge in [-0.05, 0) is 50.5 Å². The number of aryl methyl sites for hydroxylation is 1. The number of methoxy groups -OCH3 is 1. The SMILES string of the molecule is COc1cccc(C(C)NC(=O)Cn2nc(C)c3c(C(F)(F)F)cc(C4CC4)nc32)c1. The van der Waals surface area contributed by atoms with Gasteiger partial charge in [0, 0.05) is 11.6 Å². The van der Waals surface area contributed by atoms with Crippen LogP contribution < -0.4 is 10.1 Å². The second-order valence-corrected chi connectivity index (χ2v) is 7.87. The van der Waals surface area contributed by atoms with Crippen LogP contribution in [-0.4, -0.2) is 27.8 Å². The summed E-state index contributed by atoms with van der Waals surface area (Å²) in [6.45, 7) is 3.10. The van der Waals surface area contributed by atoms with Crippen LogP contribution in [0.4, 0.5) is 13.2 Å². The van der Waals surface area contributed by atoms with E-state index in [4.69, 9.17) is 4.74 Å². The van der Waals surface area contributed by atoms with Crippen molar-refractivity contribution in [2.45, 2.75) is 51.4 Å². The Bertz CT molecular complexity index is 1140. The highest BCUT2D eigenvalue weighted by atomic mass is 19.4. The van der Waals surface area contributed by atoms with Crippen molar-refractivity contribution in [1.82, 2.24) is 20.1 Å². The standard InChI is InChI=1S/C22H23F3N4O2/c1-12(15-5-4-6-16(9-15)31-3)26-19(30)11-29-21-20(13(2)28-29)17(22(23,24)25)10-18(27-21)14-7-8-14/h4-6,9-10,12,14H,7-8,11H2,1-3H3,(H,26,30). The molecule has 1 fully saturated rings. The molecule has 1 unspecified atom stereocenters. The highest BCUT2D eigenvalue weighted by Gasteiger charge is 2.37. The van der Waals surface area contributed by atoms with E-state index < -0.39 is 11.7 Å². The quantitative estimate of drug-likeness (QED) is 0.622. The third-order valence-electron chi connectivity index (χ3n) is 5.46. The lowest BCUT2D eigenvalue weighted by Gasteiger charge is -2.15. The van der Waals surface area contributed by atoms with Gasteiger partial charge in [0.25, 0.3) is 0 Å². The van der Waals surface area contributed by atoms with E-state index in [0.29, 0.717) is 11.4 Å². The minimum atomic E-state index is -4.52. The molecule has 6 nitrogen and oxygen atoms in total. The molecule has 0 radical (unpaired) electrons. The van der Waals surface area contributed by atoms with Gasteiger partial charge in [-0.3, -0.25) is 4.79 Å². The molecule has 9 heteroatoms. The summed E-state index contributed by atoms with van der Waals surface area (Å²) in [7, 11) is 1.56. The fourth-order valence-corrected chi connectivity index (χ4v) is 3.71. The Morgan fingerprint density at radius 2 is 2.06 bits per heavy atom. The van der Waals surface area contributed by atoms with Crippen molar-refractivity contribution in [3.8, 4) is 5.75 Å². The third kappa shape index (κ3) is 4.35. The zero-order valence-corrected chi connectivity index (χ0v) is 17.5. The molecule has 3 aromatic rings. The fraction of sp³-hybridized carbons (Fsp3) is 0.409. The largest absolute Gasteiger partial charge is 0.497 e. The van der Waals surface area contributed by atoms with Crippen molar-refractivity contribution in [2.24, 2.45) is 0 Å². The number of rotatable bonds is 6. The summed E-state index contributed by atoms with van der Waals surface area (Å²) in [6, 6.07) is 8.12. The predicted octanol–water partition coefficient (Wildman–Crippen LogP) is 4.52. The van der Waals surface area contributed by atoms with Gasteiger partial charge in [0.2, 0.25) is 5.91 Å². The number of nitrogens with one attached hydrogen (secondary N) is 1. The van der Waals surface area contributed by atoms with E-state index in [1.54, 1.807) is 13.2 Å². The van der Waals surface area contributed by atoms with Crippen molar-refractivity contribution in [3.05, 3.63) is 52.8 Å². The van der Waals surface area contributed by atoms with E-state index in [9.17, 15) is 18.0 Å². The van der Waals surface area contributed by atoms with Crippen LogP contribution in [-0.2, 0) is 17.5 Å². The molecular weight excluding hydrogens is 409 g/mol. The lowest BCUT2D eigenvalue weighted by atomic mass is 10.1. The topological polar surface area (TPSA) is 69.0 Å². The summed E-state index contributed by atoms with van der Waals surface area (Å²) in [5.74, 6) is 0.340. The van der Waals surface area contributed by atoms with Crippen molar-refractivity contribution >= 4 is 16.9 Å². The number of alkyl halides is 3.